The molecule has 1 aliphatic rings. The summed E-state index contributed by atoms with van der Waals surface area (Å²) in [6, 6.07) is 8.64. The van der Waals surface area contributed by atoms with E-state index in [0.717, 1.165) is 5.56 Å². The highest BCUT2D eigenvalue weighted by Crippen LogP contribution is 2.26. The van der Waals surface area contributed by atoms with Gasteiger partial charge in [-0.05, 0) is 61.1 Å². The van der Waals surface area contributed by atoms with E-state index in [1.54, 1.807) is 42.5 Å². The van der Waals surface area contributed by atoms with Crippen molar-refractivity contribution in [1.29, 1.82) is 0 Å². The van der Waals surface area contributed by atoms with E-state index < -0.39 is 11.8 Å². The molecule has 2 aromatic rings. The van der Waals surface area contributed by atoms with Crippen LogP contribution in [-0.2, 0) is 9.59 Å². The van der Waals surface area contributed by atoms with E-state index in [2.05, 4.69) is 5.32 Å². The Morgan fingerprint density at radius 2 is 2.08 bits per heavy atom. The molecule has 126 valence electrons. The molecular formula is C18H13ClN2O3S. The number of carbonyl (C=O) groups is 2. The molecule has 0 saturated carbocycles. The summed E-state index contributed by atoms with van der Waals surface area (Å²) in [5, 5.41) is 3.04. The van der Waals surface area contributed by atoms with Crippen molar-refractivity contribution in [3.05, 3.63) is 70.7 Å². The molecule has 1 aromatic heterocycles. The van der Waals surface area contributed by atoms with Crippen LogP contribution in [0.1, 0.15) is 11.3 Å². The Kier molecular flexibility index (Phi) is 4.83. The van der Waals surface area contributed by atoms with Gasteiger partial charge < -0.3 is 4.42 Å². The molecule has 1 fully saturated rings. The fraction of sp³-hybridized carbons (Fsp3) is 0.0556. The van der Waals surface area contributed by atoms with Gasteiger partial charge in [0.2, 0.25) is 0 Å². The number of hydrogen-bond donors (Lipinski definition) is 1. The molecule has 25 heavy (non-hydrogen) atoms. The van der Waals surface area contributed by atoms with Crippen molar-refractivity contribution in [2.45, 2.75) is 6.92 Å². The molecule has 0 aliphatic carbocycles. The fourth-order valence-corrected chi connectivity index (χ4v) is 2.71. The molecule has 5 nitrogen and oxygen atoms in total. The van der Waals surface area contributed by atoms with E-state index in [4.69, 9.17) is 28.2 Å². The number of benzene rings is 1. The number of rotatable bonds is 3. The third-order valence-corrected chi connectivity index (χ3v) is 4.27. The molecule has 2 amide bonds. The molecule has 1 aromatic carbocycles. The first-order valence-corrected chi connectivity index (χ1v) is 8.14. The van der Waals surface area contributed by atoms with E-state index in [1.807, 2.05) is 6.92 Å². The minimum atomic E-state index is -0.548. The van der Waals surface area contributed by atoms with Crippen LogP contribution in [0.25, 0.3) is 6.08 Å². The maximum absolute atomic E-state index is 12.7. The average molecular weight is 373 g/mol. The number of carbonyl (C=O) groups excluding carboxylic acids is 2. The predicted octanol–water partition coefficient (Wildman–Crippen LogP) is 3.63. The van der Waals surface area contributed by atoms with Gasteiger partial charge in [0.15, 0.2) is 5.11 Å². The molecule has 0 atom stereocenters. The molecule has 1 N–H and O–H groups in total. The fourth-order valence-electron chi connectivity index (χ4n) is 2.26. The molecule has 0 radical (unpaired) electrons. The molecule has 2 heterocycles. The quantitative estimate of drug-likeness (QED) is 0.507. The van der Waals surface area contributed by atoms with Crippen molar-refractivity contribution in [3.63, 3.8) is 0 Å². The summed E-state index contributed by atoms with van der Waals surface area (Å²) in [6.07, 6.45) is 6.17. The van der Waals surface area contributed by atoms with Crippen LogP contribution in [0.4, 0.5) is 5.69 Å². The van der Waals surface area contributed by atoms with Gasteiger partial charge in [-0.3, -0.25) is 19.8 Å². The predicted molar refractivity (Wildman–Crippen MR) is 100 cm³/mol. The van der Waals surface area contributed by atoms with E-state index in [1.165, 1.54) is 17.2 Å². The maximum Gasteiger partial charge on any atom is 0.270 e. The van der Waals surface area contributed by atoms with Gasteiger partial charge in [-0.1, -0.05) is 23.7 Å². The van der Waals surface area contributed by atoms with Gasteiger partial charge in [0.05, 0.1) is 12.0 Å². The van der Waals surface area contributed by atoms with Gasteiger partial charge in [-0.25, -0.2) is 0 Å². The minimum Gasteiger partial charge on any atom is -0.465 e. The van der Waals surface area contributed by atoms with E-state index in [0.29, 0.717) is 16.5 Å². The Morgan fingerprint density at radius 1 is 1.28 bits per heavy atom. The SMILES string of the molecule is Cc1ccc(N2C(=O)C(=CC=Cc3ccco3)C(=O)NC2=S)cc1Cl. The second-order valence-electron chi connectivity index (χ2n) is 5.29. The van der Waals surface area contributed by atoms with Crippen molar-refractivity contribution in [2.75, 3.05) is 4.90 Å². The van der Waals surface area contributed by atoms with Gasteiger partial charge in [0, 0.05) is 5.02 Å². The number of hydrogen-bond acceptors (Lipinski definition) is 4. The summed E-state index contributed by atoms with van der Waals surface area (Å²) in [5.74, 6) is -0.454. The molecule has 0 spiro atoms. The largest absolute Gasteiger partial charge is 0.465 e. The van der Waals surface area contributed by atoms with Crippen LogP contribution in [0.5, 0.6) is 0 Å². The topological polar surface area (TPSA) is 62.6 Å². The monoisotopic (exact) mass is 372 g/mol. The van der Waals surface area contributed by atoms with Crippen LogP contribution in [0, 0.1) is 6.92 Å². The lowest BCUT2D eigenvalue weighted by atomic mass is 10.1. The molecule has 1 aliphatic heterocycles. The lowest BCUT2D eigenvalue weighted by Crippen LogP contribution is -2.54. The number of anilines is 1. The first kappa shape index (κ1) is 17.1. The lowest BCUT2D eigenvalue weighted by Gasteiger charge is -2.29. The highest BCUT2D eigenvalue weighted by atomic mass is 35.5. The van der Waals surface area contributed by atoms with Crippen molar-refractivity contribution in [1.82, 2.24) is 5.32 Å². The lowest BCUT2D eigenvalue weighted by molar-refractivity contribution is -0.122. The third kappa shape index (κ3) is 3.55. The van der Waals surface area contributed by atoms with Crippen molar-refractivity contribution < 1.29 is 14.0 Å². The van der Waals surface area contributed by atoms with Gasteiger partial charge in [0.1, 0.15) is 11.3 Å². The first-order chi connectivity index (χ1) is 12.0. The molecular weight excluding hydrogens is 360 g/mol. The van der Waals surface area contributed by atoms with Gasteiger partial charge in [-0.2, -0.15) is 0 Å². The van der Waals surface area contributed by atoms with E-state index in [9.17, 15) is 9.59 Å². The zero-order valence-electron chi connectivity index (χ0n) is 13.2. The van der Waals surface area contributed by atoms with Crippen LogP contribution < -0.4 is 10.2 Å². The van der Waals surface area contributed by atoms with Crippen molar-refractivity contribution in [3.8, 4) is 0 Å². The number of allylic oxidation sites excluding steroid dienone is 2. The number of furan rings is 1. The number of aryl methyl sites for hydroxylation is 1. The van der Waals surface area contributed by atoms with Crippen molar-refractivity contribution in [2.24, 2.45) is 0 Å². The molecule has 0 unspecified atom stereocenters. The second kappa shape index (κ2) is 7.04. The van der Waals surface area contributed by atoms with Crippen LogP contribution in [-0.4, -0.2) is 16.9 Å². The standard InChI is InChI=1S/C18H13ClN2O3S/c1-11-7-8-12(10-15(11)19)21-17(23)14(16(22)20-18(21)25)6-2-4-13-5-3-9-24-13/h2-10H,1H3,(H,20,22,25). The first-order valence-electron chi connectivity index (χ1n) is 7.35. The Morgan fingerprint density at radius 3 is 2.76 bits per heavy atom. The zero-order chi connectivity index (χ0) is 18.0. The number of nitrogens with zero attached hydrogens (tertiary/aromatic N) is 1. The molecule has 3 rings (SSSR count). The normalized spacial score (nSPS) is 16.8. The summed E-state index contributed by atoms with van der Waals surface area (Å²) in [4.78, 5) is 26.1. The number of halogens is 1. The van der Waals surface area contributed by atoms with Gasteiger partial charge >= 0.3 is 0 Å². The molecule has 0 bridgehead atoms. The second-order valence-corrected chi connectivity index (χ2v) is 6.08. The number of amides is 2. The average Bonchev–Trinajstić information content (AvgIpc) is 3.07. The highest BCUT2D eigenvalue weighted by molar-refractivity contribution is 7.80. The summed E-state index contributed by atoms with van der Waals surface area (Å²) >= 11 is 11.3. The molecule has 1 saturated heterocycles. The molecule has 7 heteroatoms. The summed E-state index contributed by atoms with van der Waals surface area (Å²) in [6.45, 7) is 1.86. The zero-order valence-corrected chi connectivity index (χ0v) is 14.7. The van der Waals surface area contributed by atoms with Crippen LogP contribution in [0.15, 0.2) is 58.7 Å². The third-order valence-electron chi connectivity index (χ3n) is 3.58. The van der Waals surface area contributed by atoms with Crippen molar-refractivity contribution >= 4 is 52.5 Å². The smallest absolute Gasteiger partial charge is 0.270 e. The Bertz CT molecular complexity index is 916. The number of nitrogens with one attached hydrogen (secondary N) is 1. The maximum atomic E-state index is 12.7. The Labute approximate surface area is 154 Å². The summed E-state index contributed by atoms with van der Waals surface area (Å²) < 4.78 is 5.16. The highest BCUT2D eigenvalue weighted by Gasteiger charge is 2.34. The van der Waals surface area contributed by atoms with Crippen LogP contribution in [0.3, 0.4) is 0 Å². The van der Waals surface area contributed by atoms with E-state index >= 15 is 0 Å². The summed E-state index contributed by atoms with van der Waals surface area (Å²) in [5.41, 5.74) is 1.33. The Hall–Kier alpha value is -2.70. The summed E-state index contributed by atoms with van der Waals surface area (Å²) in [7, 11) is 0. The van der Waals surface area contributed by atoms with Crippen LogP contribution >= 0.6 is 23.8 Å². The Balaban J connectivity index is 1.92. The van der Waals surface area contributed by atoms with Gasteiger partial charge in [0.25, 0.3) is 11.8 Å². The van der Waals surface area contributed by atoms with E-state index in [-0.39, 0.29) is 10.7 Å². The minimum absolute atomic E-state index is 0.0158. The van der Waals surface area contributed by atoms with Crippen LogP contribution in [0.2, 0.25) is 5.02 Å². The number of thiocarbonyl (C=S) groups is 1. The van der Waals surface area contributed by atoms with Gasteiger partial charge in [-0.15, -0.1) is 0 Å².